The van der Waals surface area contributed by atoms with E-state index in [0.29, 0.717) is 18.0 Å². The molecule has 5 nitrogen and oxygen atoms in total. The summed E-state index contributed by atoms with van der Waals surface area (Å²) < 4.78 is 0. The van der Waals surface area contributed by atoms with E-state index in [1.54, 1.807) is 0 Å². The van der Waals surface area contributed by atoms with Crippen molar-refractivity contribution in [1.82, 2.24) is 20.1 Å². The molecule has 0 radical (unpaired) electrons. The van der Waals surface area contributed by atoms with Gasteiger partial charge in [-0.25, -0.2) is 0 Å². The van der Waals surface area contributed by atoms with Crippen molar-refractivity contribution in [3.63, 3.8) is 0 Å². The van der Waals surface area contributed by atoms with Gasteiger partial charge in [0.25, 0.3) is 0 Å². The Hall–Kier alpha value is -1.46. The molecule has 0 aromatic carbocycles. The molecule has 1 saturated carbocycles. The normalized spacial score (nSPS) is 26.1. The third-order valence-corrected chi connectivity index (χ3v) is 7.50. The molecule has 3 aliphatic rings. The van der Waals surface area contributed by atoms with Crippen LogP contribution in [0, 0.1) is 5.92 Å². The first-order valence-corrected chi connectivity index (χ1v) is 12.4. The van der Waals surface area contributed by atoms with Crippen molar-refractivity contribution in [2.24, 2.45) is 5.92 Å². The van der Waals surface area contributed by atoms with E-state index in [1.165, 1.54) is 76.3 Å². The first kappa shape index (κ1) is 21.8. The topological polar surface area (TPSA) is 48.5 Å². The summed E-state index contributed by atoms with van der Waals surface area (Å²) in [6, 6.07) is 5.31. The Balaban J connectivity index is 1.22. The quantitative estimate of drug-likeness (QED) is 0.794. The number of aromatic nitrogens is 1. The summed E-state index contributed by atoms with van der Waals surface area (Å²) in [6.07, 6.45) is 17.4. The lowest BCUT2D eigenvalue weighted by molar-refractivity contribution is -0.128. The molecule has 1 N–H and O–H groups in total. The minimum absolute atomic E-state index is 0.194. The molecule has 1 aromatic heterocycles. The van der Waals surface area contributed by atoms with Gasteiger partial charge in [-0.15, -0.1) is 0 Å². The molecule has 1 aliphatic carbocycles. The van der Waals surface area contributed by atoms with Crippen LogP contribution in [0.4, 0.5) is 0 Å². The molecule has 1 aromatic rings. The third kappa shape index (κ3) is 6.27. The van der Waals surface area contributed by atoms with Crippen LogP contribution in [-0.4, -0.2) is 59.0 Å². The summed E-state index contributed by atoms with van der Waals surface area (Å²) in [5.74, 6) is 0.527. The second-order valence-corrected chi connectivity index (χ2v) is 9.75. The molecule has 166 valence electrons. The molecule has 3 fully saturated rings. The van der Waals surface area contributed by atoms with E-state index >= 15 is 0 Å². The molecule has 5 heteroatoms. The van der Waals surface area contributed by atoms with E-state index in [-0.39, 0.29) is 5.92 Å². The molecule has 30 heavy (non-hydrogen) atoms. The maximum atomic E-state index is 13.0. The van der Waals surface area contributed by atoms with E-state index < -0.39 is 0 Å². The summed E-state index contributed by atoms with van der Waals surface area (Å²) in [4.78, 5) is 22.3. The number of hydrogen-bond donors (Lipinski definition) is 1. The third-order valence-electron chi connectivity index (χ3n) is 7.50. The van der Waals surface area contributed by atoms with Crippen molar-refractivity contribution < 1.29 is 4.79 Å². The lowest BCUT2D eigenvalue weighted by Gasteiger charge is -2.42. The molecule has 0 bridgehead atoms. The molecule has 1 amide bonds. The summed E-state index contributed by atoms with van der Waals surface area (Å²) in [7, 11) is 0. The maximum absolute atomic E-state index is 13.0. The Morgan fingerprint density at radius 2 is 1.60 bits per heavy atom. The van der Waals surface area contributed by atoms with Crippen molar-refractivity contribution >= 4 is 5.91 Å². The fourth-order valence-corrected chi connectivity index (χ4v) is 5.66. The highest BCUT2D eigenvalue weighted by molar-refractivity contribution is 5.79. The minimum Gasteiger partial charge on any atom is -0.353 e. The van der Waals surface area contributed by atoms with Crippen LogP contribution in [0.2, 0.25) is 0 Å². The molecular weight excluding hydrogens is 372 g/mol. The Kier molecular flexibility index (Phi) is 8.15. The van der Waals surface area contributed by atoms with Crippen molar-refractivity contribution in [1.29, 1.82) is 0 Å². The Bertz CT molecular complexity index is 636. The van der Waals surface area contributed by atoms with Gasteiger partial charge in [0.2, 0.25) is 5.91 Å². The van der Waals surface area contributed by atoms with Crippen LogP contribution in [0.15, 0.2) is 24.5 Å². The van der Waals surface area contributed by atoms with Crippen LogP contribution in [0.25, 0.3) is 0 Å². The number of amides is 1. The fraction of sp³-hybridized carbons (Fsp3) is 0.760. The highest BCUT2D eigenvalue weighted by Gasteiger charge is 2.32. The number of rotatable bonds is 5. The van der Waals surface area contributed by atoms with Gasteiger partial charge < -0.3 is 5.32 Å². The molecule has 2 saturated heterocycles. The zero-order valence-electron chi connectivity index (χ0n) is 18.6. The Morgan fingerprint density at radius 3 is 2.33 bits per heavy atom. The van der Waals surface area contributed by atoms with Crippen LogP contribution < -0.4 is 5.32 Å². The van der Waals surface area contributed by atoms with Gasteiger partial charge in [-0.1, -0.05) is 32.1 Å². The van der Waals surface area contributed by atoms with Crippen LogP contribution >= 0.6 is 0 Å². The first-order chi connectivity index (χ1) is 14.8. The van der Waals surface area contributed by atoms with Gasteiger partial charge >= 0.3 is 0 Å². The number of carbonyl (C=O) groups is 1. The summed E-state index contributed by atoms with van der Waals surface area (Å²) in [5, 5.41) is 3.44. The average molecular weight is 413 g/mol. The van der Waals surface area contributed by atoms with Gasteiger partial charge in [0.1, 0.15) is 0 Å². The van der Waals surface area contributed by atoms with Gasteiger partial charge in [0.15, 0.2) is 0 Å². The van der Waals surface area contributed by atoms with Crippen LogP contribution in [0.1, 0.15) is 76.2 Å². The SMILES string of the molecule is O=C(NC1CCCCCCC1)C1CCCN(C2CCN(Cc3ccncc3)CC2)C1. The van der Waals surface area contributed by atoms with Crippen molar-refractivity contribution in [2.75, 3.05) is 26.2 Å². The summed E-state index contributed by atoms with van der Waals surface area (Å²) >= 11 is 0. The zero-order chi connectivity index (χ0) is 20.6. The smallest absolute Gasteiger partial charge is 0.224 e. The Morgan fingerprint density at radius 1 is 0.900 bits per heavy atom. The van der Waals surface area contributed by atoms with Crippen LogP contribution in [0.3, 0.4) is 0 Å². The molecule has 1 atom stereocenters. The lowest BCUT2D eigenvalue weighted by atomic mass is 9.92. The summed E-state index contributed by atoms with van der Waals surface area (Å²) in [5.41, 5.74) is 1.35. The van der Waals surface area contributed by atoms with E-state index in [1.807, 2.05) is 12.4 Å². The van der Waals surface area contributed by atoms with Crippen molar-refractivity contribution in [3.05, 3.63) is 30.1 Å². The second kappa shape index (κ2) is 11.2. The number of carbonyl (C=O) groups excluding carboxylic acids is 1. The molecule has 0 spiro atoms. The van der Waals surface area contributed by atoms with Gasteiger partial charge in [-0.3, -0.25) is 19.6 Å². The Labute approximate surface area is 182 Å². The van der Waals surface area contributed by atoms with Gasteiger partial charge in [-0.2, -0.15) is 0 Å². The molecule has 1 unspecified atom stereocenters. The number of piperidine rings is 2. The van der Waals surface area contributed by atoms with Gasteiger partial charge in [-0.05, 0) is 75.9 Å². The van der Waals surface area contributed by atoms with Crippen LogP contribution in [0.5, 0.6) is 0 Å². The van der Waals surface area contributed by atoms with Crippen molar-refractivity contribution in [2.45, 2.75) is 89.3 Å². The van der Waals surface area contributed by atoms with Crippen molar-refractivity contribution in [3.8, 4) is 0 Å². The number of likely N-dealkylation sites (tertiary alicyclic amines) is 2. The number of nitrogens with zero attached hydrogens (tertiary/aromatic N) is 3. The zero-order valence-corrected chi connectivity index (χ0v) is 18.6. The largest absolute Gasteiger partial charge is 0.353 e. The minimum atomic E-state index is 0.194. The van der Waals surface area contributed by atoms with Gasteiger partial charge in [0, 0.05) is 37.6 Å². The average Bonchev–Trinajstić information content (AvgIpc) is 2.77. The predicted molar refractivity (Wildman–Crippen MR) is 121 cm³/mol. The monoisotopic (exact) mass is 412 g/mol. The number of nitrogens with one attached hydrogen (secondary N) is 1. The van der Waals surface area contributed by atoms with Gasteiger partial charge in [0.05, 0.1) is 5.92 Å². The predicted octanol–water partition coefficient (Wildman–Crippen LogP) is 3.99. The molecular formula is C25H40N4O. The molecule has 4 rings (SSSR count). The standard InChI is InChI=1S/C25H40N4O/c30-25(27-23-8-4-2-1-3-5-9-23)22-7-6-16-29(20-22)24-12-17-28(18-13-24)19-21-10-14-26-15-11-21/h10-11,14-15,22-24H,1-9,12-13,16-20H2,(H,27,30). The number of hydrogen-bond acceptors (Lipinski definition) is 4. The summed E-state index contributed by atoms with van der Waals surface area (Å²) in [6.45, 7) is 5.47. The number of pyridine rings is 1. The first-order valence-electron chi connectivity index (χ1n) is 12.4. The maximum Gasteiger partial charge on any atom is 0.224 e. The molecule has 2 aliphatic heterocycles. The molecule has 3 heterocycles. The lowest BCUT2D eigenvalue weighted by Crippen LogP contribution is -2.51. The van der Waals surface area contributed by atoms with E-state index in [9.17, 15) is 4.79 Å². The fourth-order valence-electron chi connectivity index (χ4n) is 5.66. The van der Waals surface area contributed by atoms with Crippen LogP contribution in [-0.2, 0) is 11.3 Å². The highest BCUT2D eigenvalue weighted by Crippen LogP contribution is 2.25. The van der Waals surface area contributed by atoms with E-state index in [4.69, 9.17) is 0 Å². The van der Waals surface area contributed by atoms with E-state index in [0.717, 1.165) is 32.6 Å². The second-order valence-electron chi connectivity index (χ2n) is 9.75. The van der Waals surface area contributed by atoms with E-state index in [2.05, 4.69) is 32.2 Å². The highest BCUT2D eigenvalue weighted by atomic mass is 16.2.